The number of nitrogens with zero attached hydrogens (tertiary/aromatic N) is 3. The Hall–Kier alpha value is -2.34. The molecule has 1 aliphatic heterocycles. The van der Waals surface area contributed by atoms with E-state index in [4.69, 9.17) is 22.1 Å². The van der Waals surface area contributed by atoms with Gasteiger partial charge >= 0.3 is 0 Å². The lowest BCUT2D eigenvalue weighted by atomic mass is 10.1. The van der Waals surface area contributed by atoms with Crippen LogP contribution < -0.4 is 15.4 Å². The minimum atomic E-state index is -0.573. The van der Waals surface area contributed by atoms with E-state index in [0.29, 0.717) is 16.6 Å². The number of para-hydroxylation sites is 1. The molecule has 7 heteroatoms. The number of carbonyl (C=O) groups excluding carboxylic acids is 1. The van der Waals surface area contributed by atoms with Crippen molar-refractivity contribution >= 4 is 23.3 Å². The number of carbonyl (C=O) groups is 1. The number of anilines is 1. The van der Waals surface area contributed by atoms with Gasteiger partial charge < -0.3 is 15.4 Å². The van der Waals surface area contributed by atoms with E-state index in [2.05, 4.69) is 14.9 Å². The van der Waals surface area contributed by atoms with Gasteiger partial charge in [-0.1, -0.05) is 23.7 Å². The van der Waals surface area contributed by atoms with Crippen LogP contribution in [-0.4, -0.2) is 35.1 Å². The molecule has 1 saturated heterocycles. The van der Waals surface area contributed by atoms with Gasteiger partial charge in [0.2, 0.25) is 0 Å². The van der Waals surface area contributed by atoms with E-state index in [1.54, 1.807) is 6.20 Å². The lowest BCUT2D eigenvalue weighted by molar-refractivity contribution is 0.0995. The number of aromatic nitrogens is 2. The lowest BCUT2D eigenvalue weighted by Crippen LogP contribution is -2.39. The van der Waals surface area contributed by atoms with Crippen molar-refractivity contribution in [1.82, 2.24) is 9.97 Å². The molecule has 0 unspecified atom stereocenters. The van der Waals surface area contributed by atoms with Gasteiger partial charge in [-0.2, -0.15) is 0 Å². The van der Waals surface area contributed by atoms with Crippen LogP contribution in [0.4, 0.5) is 5.82 Å². The van der Waals surface area contributed by atoms with Crippen molar-refractivity contribution in [1.29, 1.82) is 0 Å². The maximum atomic E-state index is 11.2. The fraction of sp³-hybridized carbons (Fsp3) is 0.312. The highest BCUT2D eigenvalue weighted by Gasteiger charge is 2.22. The predicted molar refractivity (Wildman–Crippen MR) is 87.9 cm³/mol. The van der Waals surface area contributed by atoms with Gasteiger partial charge in [0, 0.05) is 25.9 Å². The maximum Gasteiger partial charge on any atom is 0.268 e. The smallest absolute Gasteiger partial charge is 0.268 e. The number of amides is 1. The second-order valence-electron chi connectivity index (χ2n) is 5.36. The Kier molecular flexibility index (Phi) is 4.62. The van der Waals surface area contributed by atoms with Crippen LogP contribution in [0.25, 0.3) is 0 Å². The summed E-state index contributed by atoms with van der Waals surface area (Å²) in [5, 5.41) is 0.620. The Balaban J connectivity index is 1.61. The molecular weight excluding hydrogens is 316 g/mol. The van der Waals surface area contributed by atoms with Gasteiger partial charge in [0.1, 0.15) is 23.4 Å². The van der Waals surface area contributed by atoms with Crippen LogP contribution in [0.1, 0.15) is 23.3 Å². The highest BCUT2D eigenvalue weighted by molar-refractivity contribution is 6.32. The monoisotopic (exact) mass is 332 g/mol. The van der Waals surface area contributed by atoms with Gasteiger partial charge in [-0.25, -0.2) is 4.98 Å². The first-order chi connectivity index (χ1) is 11.1. The molecule has 1 fully saturated rings. The quantitative estimate of drug-likeness (QED) is 0.928. The first-order valence-corrected chi connectivity index (χ1v) is 7.79. The first kappa shape index (κ1) is 15.6. The number of hydrogen-bond acceptors (Lipinski definition) is 5. The van der Waals surface area contributed by atoms with E-state index in [-0.39, 0.29) is 11.8 Å². The summed E-state index contributed by atoms with van der Waals surface area (Å²) in [4.78, 5) is 21.5. The van der Waals surface area contributed by atoms with Gasteiger partial charge in [0.25, 0.3) is 5.91 Å². The minimum absolute atomic E-state index is 0.110. The molecule has 0 atom stereocenters. The summed E-state index contributed by atoms with van der Waals surface area (Å²) in [6.07, 6.45) is 4.81. The number of halogens is 1. The highest BCUT2D eigenvalue weighted by atomic mass is 35.5. The molecule has 120 valence electrons. The molecule has 23 heavy (non-hydrogen) atoms. The SMILES string of the molecule is NC(=O)c1cncc(N2CCC(Oc3ccccc3Cl)CC2)n1. The van der Waals surface area contributed by atoms with Gasteiger partial charge in [-0.15, -0.1) is 0 Å². The molecular formula is C16H17ClN4O2. The molecule has 0 spiro atoms. The number of benzene rings is 1. The highest BCUT2D eigenvalue weighted by Crippen LogP contribution is 2.27. The molecule has 0 bridgehead atoms. The summed E-state index contributed by atoms with van der Waals surface area (Å²) in [7, 11) is 0. The van der Waals surface area contributed by atoms with Crippen LogP contribution in [0.5, 0.6) is 5.75 Å². The summed E-state index contributed by atoms with van der Waals surface area (Å²) in [6.45, 7) is 1.54. The number of ether oxygens (including phenoxy) is 1. The average Bonchev–Trinajstić information content (AvgIpc) is 2.58. The zero-order valence-electron chi connectivity index (χ0n) is 12.5. The molecule has 0 radical (unpaired) electrons. The predicted octanol–water partition coefficient (Wildman–Crippen LogP) is 2.28. The molecule has 2 aromatic rings. The molecule has 2 N–H and O–H groups in total. The first-order valence-electron chi connectivity index (χ1n) is 7.41. The summed E-state index contributed by atoms with van der Waals surface area (Å²) < 4.78 is 5.96. The van der Waals surface area contributed by atoms with Crippen LogP contribution in [0, 0.1) is 0 Å². The van der Waals surface area contributed by atoms with Crippen molar-refractivity contribution in [2.24, 2.45) is 5.73 Å². The van der Waals surface area contributed by atoms with Crippen LogP contribution in [0.3, 0.4) is 0 Å². The topological polar surface area (TPSA) is 81.3 Å². The molecule has 0 saturated carbocycles. The normalized spacial score (nSPS) is 15.4. The molecule has 2 heterocycles. The molecule has 6 nitrogen and oxygen atoms in total. The maximum absolute atomic E-state index is 11.2. The minimum Gasteiger partial charge on any atom is -0.489 e. The standard InChI is InChI=1S/C16H17ClN4O2/c17-12-3-1-2-4-14(12)23-11-5-7-21(8-6-11)15-10-19-9-13(20-15)16(18)22/h1-4,9-11H,5-8H2,(H2,18,22). The van der Waals surface area contributed by atoms with Crippen molar-refractivity contribution in [2.75, 3.05) is 18.0 Å². The van der Waals surface area contributed by atoms with Gasteiger partial charge in [-0.3, -0.25) is 9.78 Å². The van der Waals surface area contributed by atoms with Crippen molar-refractivity contribution in [3.63, 3.8) is 0 Å². The van der Waals surface area contributed by atoms with E-state index < -0.39 is 5.91 Å². The van der Waals surface area contributed by atoms with Crippen molar-refractivity contribution in [3.05, 3.63) is 47.4 Å². The van der Waals surface area contributed by atoms with Gasteiger partial charge in [0.15, 0.2) is 0 Å². The summed E-state index contributed by atoms with van der Waals surface area (Å²) >= 11 is 6.12. The Morgan fingerprint density at radius 3 is 2.70 bits per heavy atom. The molecule has 1 aliphatic rings. The summed E-state index contributed by atoms with van der Waals surface area (Å²) in [6, 6.07) is 7.47. The largest absolute Gasteiger partial charge is 0.489 e. The molecule has 1 aromatic carbocycles. The van der Waals surface area contributed by atoms with Crippen LogP contribution in [0.2, 0.25) is 5.02 Å². The van der Waals surface area contributed by atoms with Crippen molar-refractivity contribution in [3.8, 4) is 5.75 Å². The van der Waals surface area contributed by atoms with Gasteiger partial charge in [0.05, 0.1) is 17.4 Å². The number of primary amides is 1. The lowest BCUT2D eigenvalue weighted by Gasteiger charge is -2.32. The van der Waals surface area contributed by atoms with Crippen LogP contribution >= 0.6 is 11.6 Å². The summed E-state index contributed by atoms with van der Waals surface area (Å²) in [5.74, 6) is 0.803. The number of nitrogens with two attached hydrogens (primary N) is 1. The third-order valence-corrected chi connectivity index (χ3v) is 4.08. The Bertz CT molecular complexity index is 702. The average molecular weight is 333 g/mol. The van der Waals surface area contributed by atoms with Crippen molar-refractivity contribution in [2.45, 2.75) is 18.9 Å². The second-order valence-corrected chi connectivity index (χ2v) is 5.77. The van der Waals surface area contributed by atoms with E-state index in [1.807, 2.05) is 24.3 Å². The molecule has 1 aromatic heterocycles. The second kappa shape index (κ2) is 6.83. The van der Waals surface area contributed by atoms with Crippen LogP contribution in [0.15, 0.2) is 36.7 Å². The Morgan fingerprint density at radius 2 is 2.00 bits per heavy atom. The Morgan fingerprint density at radius 1 is 1.26 bits per heavy atom. The van der Waals surface area contributed by atoms with E-state index in [0.717, 1.165) is 25.9 Å². The zero-order chi connectivity index (χ0) is 16.2. The number of hydrogen-bond donors (Lipinski definition) is 1. The number of piperidine rings is 1. The van der Waals surface area contributed by atoms with E-state index >= 15 is 0 Å². The van der Waals surface area contributed by atoms with Gasteiger partial charge in [-0.05, 0) is 12.1 Å². The summed E-state index contributed by atoms with van der Waals surface area (Å²) in [5.41, 5.74) is 5.42. The fourth-order valence-corrected chi connectivity index (χ4v) is 2.73. The number of rotatable bonds is 4. The molecule has 1 amide bonds. The van der Waals surface area contributed by atoms with Crippen molar-refractivity contribution < 1.29 is 9.53 Å². The molecule has 3 rings (SSSR count). The molecule has 0 aliphatic carbocycles. The Labute approximate surface area is 139 Å². The van der Waals surface area contributed by atoms with E-state index in [9.17, 15) is 4.79 Å². The fourth-order valence-electron chi connectivity index (χ4n) is 2.55. The zero-order valence-corrected chi connectivity index (χ0v) is 13.2. The third-order valence-electron chi connectivity index (χ3n) is 3.77. The van der Waals surface area contributed by atoms with Crippen LogP contribution in [-0.2, 0) is 0 Å². The third kappa shape index (κ3) is 3.71. The van der Waals surface area contributed by atoms with E-state index in [1.165, 1.54) is 6.20 Å².